The number of hydrogen-bond acceptors (Lipinski definition) is 4. The van der Waals surface area contributed by atoms with Crippen LogP contribution in [0, 0.1) is 11.3 Å². The van der Waals surface area contributed by atoms with E-state index < -0.39 is 26.5 Å². The SMILES string of the molecule is CC(C)(C)[C@H]1OCC[C@@H]1CNC(=O)Nc1cccc(S(=O)(=O)C(F)F)c1. The maximum absolute atomic E-state index is 12.6. The number of hydrogen-bond donors (Lipinski definition) is 2. The zero-order valence-electron chi connectivity index (χ0n) is 15.0. The van der Waals surface area contributed by atoms with Crippen LogP contribution < -0.4 is 10.6 Å². The summed E-state index contributed by atoms with van der Waals surface area (Å²) in [4.78, 5) is 11.5. The van der Waals surface area contributed by atoms with E-state index in [4.69, 9.17) is 4.74 Å². The Morgan fingerprint density at radius 2 is 2.04 bits per heavy atom. The molecule has 1 fully saturated rings. The van der Waals surface area contributed by atoms with Crippen molar-refractivity contribution in [1.29, 1.82) is 0 Å². The first-order valence-electron chi connectivity index (χ1n) is 8.30. The number of anilines is 1. The van der Waals surface area contributed by atoms with Crippen LogP contribution >= 0.6 is 0 Å². The van der Waals surface area contributed by atoms with Gasteiger partial charge < -0.3 is 15.4 Å². The number of amides is 2. The second-order valence-corrected chi connectivity index (χ2v) is 9.29. The molecule has 2 amide bonds. The van der Waals surface area contributed by atoms with E-state index in [0.717, 1.165) is 18.6 Å². The monoisotopic (exact) mass is 390 g/mol. The van der Waals surface area contributed by atoms with E-state index in [-0.39, 0.29) is 23.1 Å². The number of nitrogens with one attached hydrogen (secondary N) is 2. The number of ether oxygens (including phenoxy) is 1. The second kappa shape index (κ2) is 7.87. The Morgan fingerprint density at radius 3 is 2.65 bits per heavy atom. The van der Waals surface area contributed by atoms with E-state index in [2.05, 4.69) is 31.4 Å². The van der Waals surface area contributed by atoms with E-state index >= 15 is 0 Å². The van der Waals surface area contributed by atoms with Crippen LogP contribution in [0.4, 0.5) is 19.3 Å². The predicted octanol–water partition coefficient (Wildman–Crippen LogP) is 3.26. The number of carbonyl (C=O) groups excluding carboxylic acids is 1. The van der Waals surface area contributed by atoms with Crippen molar-refractivity contribution in [2.24, 2.45) is 11.3 Å². The number of sulfone groups is 1. The Balaban J connectivity index is 1.96. The largest absolute Gasteiger partial charge is 0.377 e. The summed E-state index contributed by atoms with van der Waals surface area (Å²) < 4.78 is 54.0. The molecule has 2 N–H and O–H groups in total. The van der Waals surface area contributed by atoms with Gasteiger partial charge in [0.25, 0.3) is 0 Å². The predicted molar refractivity (Wildman–Crippen MR) is 94.0 cm³/mol. The van der Waals surface area contributed by atoms with Crippen molar-refractivity contribution >= 4 is 21.6 Å². The summed E-state index contributed by atoms with van der Waals surface area (Å²) in [5.41, 5.74) is 0.0800. The third kappa shape index (κ3) is 4.91. The van der Waals surface area contributed by atoms with Gasteiger partial charge in [-0.2, -0.15) is 8.78 Å². The molecule has 0 unspecified atom stereocenters. The highest BCUT2D eigenvalue weighted by Crippen LogP contribution is 2.34. The van der Waals surface area contributed by atoms with Gasteiger partial charge in [0, 0.05) is 24.8 Å². The number of benzene rings is 1. The summed E-state index contributed by atoms with van der Waals surface area (Å²) in [5.74, 6) is -3.34. The number of urea groups is 1. The van der Waals surface area contributed by atoms with E-state index in [1.54, 1.807) is 0 Å². The second-order valence-electron chi connectivity index (χ2n) is 7.37. The van der Waals surface area contributed by atoms with Gasteiger partial charge >= 0.3 is 11.8 Å². The first kappa shape index (κ1) is 20.6. The summed E-state index contributed by atoms with van der Waals surface area (Å²) in [5, 5.41) is 5.20. The summed E-state index contributed by atoms with van der Waals surface area (Å²) >= 11 is 0. The summed E-state index contributed by atoms with van der Waals surface area (Å²) in [7, 11) is -4.71. The average Bonchev–Trinajstić information content (AvgIpc) is 3.02. The Bertz CT molecular complexity index is 747. The molecule has 1 aromatic carbocycles. The van der Waals surface area contributed by atoms with E-state index in [9.17, 15) is 22.0 Å². The highest BCUT2D eigenvalue weighted by molar-refractivity contribution is 7.91. The van der Waals surface area contributed by atoms with E-state index in [0.29, 0.717) is 13.2 Å². The van der Waals surface area contributed by atoms with Gasteiger partial charge in [0.05, 0.1) is 11.0 Å². The molecule has 0 bridgehead atoms. The van der Waals surface area contributed by atoms with Gasteiger partial charge in [-0.1, -0.05) is 26.8 Å². The zero-order chi connectivity index (χ0) is 19.5. The van der Waals surface area contributed by atoms with Gasteiger partial charge in [-0.05, 0) is 30.0 Å². The Hall–Kier alpha value is -1.74. The van der Waals surface area contributed by atoms with Crippen molar-refractivity contribution in [2.75, 3.05) is 18.5 Å². The summed E-state index contributed by atoms with van der Waals surface area (Å²) in [6.07, 6.45) is 0.868. The fourth-order valence-corrected chi connectivity index (χ4v) is 3.82. The Morgan fingerprint density at radius 1 is 1.35 bits per heavy atom. The molecule has 9 heteroatoms. The lowest BCUT2D eigenvalue weighted by atomic mass is 9.81. The molecule has 0 aromatic heterocycles. The van der Waals surface area contributed by atoms with Crippen LogP contribution in [0.1, 0.15) is 27.2 Å². The molecule has 1 aromatic rings. The molecule has 0 spiro atoms. The molecule has 1 saturated heterocycles. The van der Waals surface area contributed by atoms with Crippen molar-refractivity contribution in [3.8, 4) is 0 Å². The van der Waals surface area contributed by atoms with Gasteiger partial charge in [-0.3, -0.25) is 0 Å². The van der Waals surface area contributed by atoms with Gasteiger partial charge in [0.1, 0.15) is 0 Å². The normalized spacial score (nSPS) is 21.0. The van der Waals surface area contributed by atoms with Crippen molar-refractivity contribution in [1.82, 2.24) is 5.32 Å². The molecule has 1 heterocycles. The van der Waals surface area contributed by atoms with Gasteiger partial charge in [-0.15, -0.1) is 0 Å². The lowest BCUT2D eigenvalue weighted by Gasteiger charge is -2.31. The third-order valence-corrected chi connectivity index (χ3v) is 5.63. The van der Waals surface area contributed by atoms with Crippen molar-refractivity contribution in [2.45, 2.75) is 43.9 Å². The van der Waals surface area contributed by atoms with Crippen LogP contribution in [-0.4, -0.2) is 39.5 Å². The Kier molecular flexibility index (Phi) is 6.23. The lowest BCUT2D eigenvalue weighted by molar-refractivity contribution is 0.00782. The smallest absolute Gasteiger partial charge is 0.341 e. The molecular formula is C17H24F2N2O4S. The van der Waals surface area contributed by atoms with Crippen LogP contribution in [0.2, 0.25) is 0 Å². The minimum absolute atomic E-state index is 0.0299. The maximum Gasteiger partial charge on any atom is 0.341 e. The first-order chi connectivity index (χ1) is 12.0. The van der Waals surface area contributed by atoms with Gasteiger partial charge in [0.15, 0.2) is 0 Å². The van der Waals surface area contributed by atoms with Crippen LogP contribution in [0.25, 0.3) is 0 Å². The van der Waals surface area contributed by atoms with Crippen LogP contribution in [0.3, 0.4) is 0 Å². The highest BCUT2D eigenvalue weighted by Gasteiger charge is 2.37. The lowest BCUT2D eigenvalue weighted by Crippen LogP contribution is -2.40. The number of carbonyl (C=O) groups is 1. The molecule has 1 aliphatic rings. The molecule has 1 aliphatic heterocycles. The molecular weight excluding hydrogens is 366 g/mol. The Labute approximate surface area is 152 Å². The van der Waals surface area contributed by atoms with Gasteiger partial charge in [-0.25, -0.2) is 13.2 Å². The standard InChI is InChI=1S/C17H24F2N2O4S/c1-17(2,3)14-11(7-8-25-14)10-20-16(22)21-12-5-4-6-13(9-12)26(23,24)15(18)19/h4-6,9,11,14-15H,7-8,10H2,1-3H3,(H2,20,21,22)/t11-,14+/m1/s1. The molecule has 2 atom stereocenters. The van der Waals surface area contributed by atoms with E-state index in [1.165, 1.54) is 12.1 Å². The number of alkyl halides is 2. The molecule has 0 aliphatic carbocycles. The number of halogens is 2. The molecule has 6 nitrogen and oxygen atoms in total. The fourth-order valence-electron chi connectivity index (χ4n) is 3.05. The van der Waals surface area contributed by atoms with E-state index in [1.807, 2.05) is 0 Å². The van der Waals surface area contributed by atoms with Gasteiger partial charge in [0.2, 0.25) is 9.84 Å². The average molecular weight is 390 g/mol. The van der Waals surface area contributed by atoms with Crippen molar-refractivity contribution < 1.29 is 26.7 Å². The highest BCUT2D eigenvalue weighted by atomic mass is 32.2. The third-order valence-electron chi connectivity index (χ3n) is 4.25. The summed E-state index contributed by atoms with van der Waals surface area (Å²) in [6.45, 7) is 7.27. The quantitative estimate of drug-likeness (QED) is 0.808. The first-order valence-corrected chi connectivity index (χ1v) is 9.85. The molecule has 146 valence electrons. The minimum Gasteiger partial charge on any atom is -0.377 e. The molecule has 0 saturated carbocycles. The van der Waals surface area contributed by atoms with Crippen LogP contribution in [-0.2, 0) is 14.6 Å². The number of rotatable bonds is 5. The minimum atomic E-state index is -4.71. The van der Waals surface area contributed by atoms with Crippen LogP contribution in [0.15, 0.2) is 29.2 Å². The van der Waals surface area contributed by atoms with Crippen LogP contribution in [0.5, 0.6) is 0 Å². The molecule has 0 radical (unpaired) electrons. The van der Waals surface area contributed by atoms with Crippen molar-refractivity contribution in [3.05, 3.63) is 24.3 Å². The topological polar surface area (TPSA) is 84.5 Å². The molecule has 2 rings (SSSR count). The fraction of sp³-hybridized carbons (Fsp3) is 0.588. The summed E-state index contributed by atoms with van der Waals surface area (Å²) in [6, 6.07) is 4.27. The zero-order valence-corrected chi connectivity index (χ0v) is 15.8. The molecule has 26 heavy (non-hydrogen) atoms. The van der Waals surface area contributed by atoms with Crippen molar-refractivity contribution in [3.63, 3.8) is 0 Å². The maximum atomic E-state index is 12.6.